The summed E-state index contributed by atoms with van der Waals surface area (Å²) in [6.45, 7) is 1.32. The first-order chi connectivity index (χ1) is 17.9. The minimum absolute atomic E-state index is 0.00770. The Morgan fingerprint density at radius 2 is 1.70 bits per heavy atom. The van der Waals surface area contributed by atoms with Crippen molar-refractivity contribution in [2.24, 2.45) is 0 Å². The van der Waals surface area contributed by atoms with Crippen LogP contribution in [0.5, 0.6) is 5.75 Å². The maximum absolute atomic E-state index is 14.3. The lowest BCUT2D eigenvalue weighted by Gasteiger charge is -2.33. The van der Waals surface area contributed by atoms with Crippen molar-refractivity contribution in [1.29, 1.82) is 0 Å². The number of nitrogens with zero attached hydrogens (tertiary/aromatic N) is 2. The number of halogens is 1. The Balaban J connectivity index is 1.51. The molecule has 6 nitrogen and oxygen atoms in total. The van der Waals surface area contributed by atoms with E-state index >= 15 is 0 Å². The number of benzene rings is 3. The standard InChI is InChI=1S/C30H29FN2O4/c1-20(34)37-25-16-14-21(15-17-25)18-28(35)33(24-11-7-8-22(31)19-24)29-26-12-5-6-13-27(26)32(30(29)36)23-9-3-2-4-10-23/h5-8,11-17,19,23,29H,2-4,9-10,18H2,1H3. The molecule has 1 atom stereocenters. The number of ether oxygens (including phenoxy) is 1. The van der Waals surface area contributed by atoms with Gasteiger partial charge < -0.3 is 9.64 Å². The van der Waals surface area contributed by atoms with Crippen LogP contribution in [0.1, 0.15) is 56.2 Å². The molecule has 7 heteroatoms. The first-order valence-corrected chi connectivity index (χ1v) is 12.7. The molecule has 0 bridgehead atoms. The number of esters is 1. The molecule has 0 aromatic heterocycles. The van der Waals surface area contributed by atoms with Crippen LogP contribution in [0, 0.1) is 5.82 Å². The Morgan fingerprint density at radius 3 is 2.41 bits per heavy atom. The van der Waals surface area contributed by atoms with Crippen molar-refractivity contribution in [3.8, 4) is 5.75 Å². The van der Waals surface area contributed by atoms with Crippen molar-refractivity contribution < 1.29 is 23.5 Å². The Bertz CT molecular complexity index is 1320. The number of hydrogen-bond donors (Lipinski definition) is 0. The van der Waals surface area contributed by atoms with Crippen LogP contribution in [-0.4, -0.2) is 23.8 Å². The van der Waals surface area contributed by atoms with Gasteiger partial charge in [0.2, 0.25) is 5.91 Å². The van der Waals surface area contributed by atoms with Gasteiger partial charge in [0.1, 0.15) is 17.6 Å². The topological polar surface area (TPSA) is 66.9 Å². The molecule has 2 aliphatic rings. The van der Waals surface area contributed by atoms with Gasteiger partial charge in [-0.15, -0.1) is 0 Å². The van der Waals surface area contributed by atoms with Gasteiger partial charge in [-0.25, -0.2) is 4.39 Å². The highest BCUT2D eigenvalue weighted by molar-refractivity contribution is 6.12. The van der Waals surface area contributed by atoms with Crippen molar-refractivity contribution in [3.05, 3.63) is 89.7 Å². The summed E-state index contributed by atoms with van der Waals surface area (Å²) in [5.41, 5.74) is 2.59. The number of para-hydroxylation sites is 1. The van der Waals surface area contributed by atoms with Gasteiger partial charge in [-0.1, -0.05) is 55.7 Å². The number of fused-ring (bicyclic) bond motifs is 1. The Kier molecular flexibility index (Phi) is 7.04. The molecule has 1 aliphatic heterocycles. The molecule has 1 unspecified atom stereocenters. The van der Waals surface area contributed by atoms with Crippen LogP contribution in [0.15, 0.2) is 72.8 Å². The summed E-state index contributed by atoms with van der Waals surface area (Å²) in [7, 11) is 0. The summed E-state index contributed by atoms with van der Waals surface area (Å²) in [6, 6.07) is 19.3. The predicted molar refractivity (Wildman–Crippen MR) is 139 cm³/mol. The predicted octanol–water partition coefficient (Wildman–Crippen LogP) is 5.75. The highest BCUT2D eigenvalue weighted by Gasteiger charge is 2.45. The van der Waals surface area contributed by atoms with Gasteiger partial charge in [0, 0.05) is 29.9 Å². The Morgan fingerprint density at radius 1 is 0.973 bits per heavy atom. The average Bonchev–Trinajstić information content (AvgIpc) is 3.17. The van der Waals surface area contributed by atoms with Crippen LogP contribution >= 0.6 is 0 Å². The second-order valence-electron chi connectivity index (χ2n) is 9.62. The normalized spacial score (nSPS) is 17.4. The maximum Gasteiger partial charge on any atom is 0.308 e. The molecule has 1 heterocycles. The molecule has 1 saturated carbocycles. The van der Waals surface area contributed by atoms with Gasteiger partial charge in [0.25, 0.3) is 5.91 Å². The number of hydrogen-bond acceptors (Lipinski definition) is 4. The fraction of sp³-hybridized carbons (Fsp3) is 0.300. The number of rotatable bonds is 6. The summed E-state index contributed by atoms with van der Waals surface area (Å²) in [6.07, 6.45) is 5.14. The summed E-state index contributed by atoms with van der Waals surface area (Å²) < 4.78 is 19.4. The smallest absolute Gasteiger partial charge is 0.308 e. The van der Waals surface area contributed by atoms with Gasteiger partial charge >= 0.3 is 5.97 Å². The summed E-state index contributed by atoms with van der Waals surface area (Å²) in [5.74, 6) is -1.01. The molecule has 190 valence electrons. The lowest BCUT2D eigenvalue weighted by atomic mass is 9.94. The van der Waals surface area contributed by atoms with E-state index in [-0.39, 0.29) is 24.3 Å². The van der Waals surface area contributed by atoms with E-state index < -0.39 is 17.8 Å². The molecule has 0 radical (unpaired) electrons. The molecule has 0 N–H and O–H groups in total. The van der Waals surface area contributed by atoms with Crippen molar-refractivity contribution in [2.45, 2.75) is 57.5 Å². The molecule has 5 rings (SSSR count). The van der Waals surface area contributed by atoms with Crippen molar-refractivity contribution in [3.63, 3.8) is 0 Å². The van der Waals surface area contributed by atoms with Crippen LogP contribution in [0.3, 0.4) is 0 Å². The van der Waals surface area contributed by atoms with Crippen LogP contribution < -0.4 is 14.5 Å². The maximum atomic E-state index is 14.3. The Labute approximate surface area is 215 Å². The van der Waals surface area contributed by atoms with E-state index in [4.69, 9.17) is 4.74 Å². The fourth-order valence-corrected chi connectivity index (χ4v) is 5.45. The third kappa shape index (κ3) is 5.12. The highest BCUT2D eigenvalue weighted by atomic mass is 19.1. The molecular weight excluding hydrogens is 471 g/mol. The van der Waals surface area contributed by atoms with Crippen molar-refractivity contribution in [1.82, 2.24) is 0 Å². The zero-order valence-electron chi connectivity index (χ0n) is 20.7. The molecular formula is C30H29FN2O4. The van der Waals surface area contributed by atoms with Crippen LogP contribution in [0.4, 0.5) is 15.8 Å². The number of carbonyl (C=O) groups excluding carboxylic acids is 3. The SMILES string of the molecule is CC(=O)Oc1ccc(CC(=O)N(c2cccc(F)c2)C2C(=O)N(C3CCCCC3)c3ccccc32)cc1. The molecule has 0 spiro atoms. The molecule has 1 fully saturated rings. The second-order valence-corrected chi connectivity index (χ2v) is 9.62. The van der Waals surface area contributed by atoms with Gasteiger partial charge in [-0.2, -0.15) is 0 Å². The van der Waals surface area contributed by atoms with Gasteiger partial charge in [0.15, 0.2) is 0 Å². The van der Waals surface area contributed by atoms with Crippen LogP contribution in [0.25, 0.3) is 0 Å². The van der Waals surface area contributed by atoms with E-state index in [2.05, 4.69) is 0 Å². The van der Waals surface area contributed by atoms with E-state index in [1.165, 1.54) is 24.0 Å². The molecule has 1 aliphatic carbocycles. The first kappa shape index (κ1) is 24.7. The first-order valence-electron chi connectivity index (χ1n) is 12.7. The van der Waals surface area contributed by atoms with Crippen molar-refractivity contribution in [2.75, 3.05) is 9.80 Å². The minimum atomic E-state index is -0.882. The lowest BCUT2D eigenvalue weighted by molar-refractivity contribution is -0.131. The van der Waals surface area contributed by atoms with E-state index in [1.807, 2.05) is 29.2 Å². The molecule has 3 aromatic rings. The molecule has 37 heavy (non-hydrogen) atoms. The summed E-state index contributed by atoms with van der Waals surface area (Å²) in [5, 5.41) is 0. The average molecular weight is 501 g/mol. The second kappa shape index (κ2) is 10.5. The summed E-state index contributed by atoms with van der Waals surface area (Å²) in [4.78, 5) is 42.4. The fourth-order valence-electron chi connectivity index (χ4n) is 5.45. The van der Waals surface area contributed by atoms with E-state index in [9.17, 15) is 18.8 Å². The quantitative estimate of drug-likeness (QED) is 0.319. The molecule has 3 aromatic carbocycles. The minimum Gasteiger partial charge on any atom is -0.427 e. The van der Waals surface area contributed by atoms with Crippen molar-refractivity contribution >= 4 is 29.2 Å². The molecule has 0 saturated heterocycles. The van der Waals surface area contributed by atoms with E-state index in [0.717, 1.165) is 43.4 Å². The van der Waals surface area contributed by atoms with E-state index in [1.54, 1.807) is 36.4 Å². The zero-order chi connectivity index (χ0) is 25.9. The summed E-state index contributed by atoms with van der Waals surface area (Å²) >= 11 is 0. The highest BCUT2D eigenvalue weighted by Crippen LogP contribution is 2.44. The largest absolute Gasteiger partial charge is 0.427 e. The van der Waals surface area contributed by atoms with Gasteiger partial charge in [-0.3, -0.25) is 19.3 Å². The number of amides is 2. The Hall–Kier alpha value is -4.00. The van der Waals surface area contributed by atoms with Crippen LogP contribution in [-0.2, 0) is 20.8 Å². The van der Waals surface area contributed by atoms with E-state index in [0.29, 0.717) is 17.0 Å². The van der Waals surface area contributed by atoms with Crippen LogP contribution in [0.2, 0.25) is 0 Å². The number of carbonyl (C=O) groups is 3. The zero-order valence-corrected chi connectivity index (χ0v) is 20.7. The number of anilines is 2. The third-order valence-corrected chi connectivity index (χ3v) is 7.06. The van der Waals surface area contributed by atoms with Gasteiger partial charge in [0.05, 0.1) is 6.42 Å². The monoisotopic (exact) mass is 500 g/mol. The molecule has 2 amide bonds. The third-order valence-electron chi connectivity index (χ3n) is 7.06. The van der Waals surface area contributed by atoms with Gasteiger partial charge in [-0.05, 0) is 54.8 Å². The lowest BCUT2D eigenvalue weighted by Crippen LogP contribution is -2.45.